The van der Waals surface area contributed by atoms with Crippen LogP contribution < -0.4 is 11.1 Å². The van der Waals surface area contributed by atoms with E-state index >= 15 is 0 Å². The summed E-state index contributed by atoms with van der Waals surface area (Å²) in [7, 11) is 1.73. The number of rotatable bonds is 9. The summed E-state index contributed by atoms with van der Waals surface area (Å²) < 4.78 is 5.24. The van der Waals surface area contributed by atoms with Crippen LogP contribution in [0.3, 0.4) is 0 Å². The fourth-order valence-corrected chi connectivity index (χ4v) is 3.48. The molecule has 0 saturated heterocycles. The van der Waals surface area contributed by atoms with Crippen LogP contribution >= 0.6 is 0 Å². The first-order valence-corrected chi connectivity index (χ1v) is 8.18. The van der Waals surface area contributed by atoms with Gasteiger partial charge in [-0.15, -0.1) is 0 Å². The van der Waals surface area contributed by atoms with E-state index in [1.807, 2.05) is 0 Å². The minimum atomic E-state index is -0.544. The molecule has 5 heteroatoms. The molecule has 0 aromatic carbocycles. The Kier molecular flexibility index (Phi) is 7.10. The lowest BCUT2D eigenvalue weighted by Gasteiger charge is -2.36. The first-order valence-electron chi connectivity index (χ1n) is 8.18. The van der Waals surface area contributed by atoms with Gasteiger partial charge < -0.3 is 15.8 Å². The molecule has 0 radical (unpaired) electrons. The van der Waals surface area contributed by atoms with Crippen molar-refractivity contribution in [3.05, 3.63) is 0 Å². The molecule has 1 amide bonds. The van der Waals surface area contributed by atoms with Crippen molar-refractivity contribution in [1.29, 1.82) is 0 Å². The molecule has 3 unspecified atom stereocenters. The molecule has 124 valence electrons. The second kappa shape index (κ2) is 8.11. The number of nitrogens with two attached hydrogens (primary N) is 1. The molecule has 1 rings (SSSR count). The van der Waals surface area contributed by atoms with E-state index in [0.29, 0.717) is 12.1 Å². The first-order chi connectivity index (χ1) is 9.86. The van der Waals surface area contributed by atoms with Gasteiger partial charge in [-0.1, -0.05) is 6.92 Å². The summed E-state index contributed by atoms with van der Waals surface area (Å²) in [4.78, 5) is 14.5. The van der Waals surface area contributed by atoms with Gasteiger partial charge in [0.2, 0.25) is 5.91 Å². The average molecular weight is 299 g/mol. The molecule has 0 spiro atoms. The molecule has 0 aromatic heterocycles. The molecule has 0 aromatic rings. The van der Waals surface area contributed by atoms with Crippen molar-refractivity contribution >= 4 is 5.91 Å². The molecule has 0 heterocycles. The summed E-state index contributed by atoms with van der Waals surface area (Å²) in [6.45, 7) is 10.2. The van der Waals surface area contributed by atoms with Crippen molar-refractivity contribution in [1.82, 2.24) is 10.2 Å². The van der Waals surface area contributed by atoms with Crippen molar-refractivity contribution in [3.63, 3.8) is 0 Å². The standard InChI is InChI=1S/C16H33N3O2/c1-6-13(4)19(9-10-21-5)14-7-8-16(11-14,15(17)20)18-12(2)3/h12-14,18H,6-11H2,1-5H3,(H2,17,20). The van der Waals surface area contributed by atoms with Gasteiger partial charge >= 0.3 is 0 Å². The Morgan fingerprint density at radius 3 is 2.62 bits per heavy atom. The molecule has 1 aliphatic carbocycles. The maximum absolute atomic E-state index is 12.0. The zero-order chi connectivity index (χ0) is 16.0. The Hall–Kier alpha value is -0.650. The van der Waals surface area contributed by atoms with Gasteiger partial charge in [-0.2, -0.15) is 0 Å². The molecule has 1 saturated carbocycles. The highest BCUT2D eigenvalue weighted by Gasteiger charge is 2.46. The number of ether oxygens (including phenoxy) is 1. The van der Waals surface area contributed by atoms with E-state index < -0.39 is 5.54 Å². The van der Waals surface area contributed by atoms with Crippen LogP contribution in [0.2, 0.25) is 0 Å². The van der Waals surface area contributed by atoms with Crippen LogP contribution in [0, 0.1) is 0 Å². The van der Waals surface area contributed by atoms with Gasteiger partial charge in [0, 0.05) is 31.8 Å². The Morgan fingerprint density at radius 1 is 1.48 bits per heavy atom. The Labute approximate surface area is 129 Å². The van der Waals surface area contributed by atoms with Crippen molar-refractivity contribution in [2.24, 2.45) is 5.73 Å². The van der Waals surface area contributed by atoms with Gasteiger partial charge in [-0.3, -0.25) is 9.69 Å². The van der Waals surface area contributed by atoms with E-state index in [0.717, 1.165) is 38.8 Å². The van der Waals surface area contributed by atoms with Crippen LogP contribution in [0.15, 0.2) is 0 Å². The first kappa shape index (κ1) is 18.4. The van der Waals surface area contributed by atoms with E-state index in [4.69, 9.17) is 10.5 Å². The monoisotopic (exact) mass is 299 g/mol. The third kappa shape index (κ3) is 4.66. The van der Waals surface area contributed by atoms with Crippen LogP contribution in [0.5, 0.6) is 0 Å². The second-order valence-corrected chi connectivity index (χ2v) is 6.63. The normalized spacial score (nSPS) is 27.5. The van der Waals surface area contributed by atoms with Gasteiger partial charge in [0.25, 0.3) is 0 Å². The van der Waals surface area contributed by atoms with Gasteiger partial charge in [0.05, 0.1) is 12.1 Å². The van der Waals surface area contributed by atoms with Crippen LogP contribution in [-0.2, 0) is 9.53 Å². The fourth-order valence-electron chi connectivity index (χ4n) is 3.48. The van der Waals surface area contributed by atoms with E-state index in [-0.39, 0.29) is 11.9 Å². The van der Waals surface area contributed by atoms with E-state index in [1.54, 1.807) is 7.11 Å². The number of methoxy groups -OCH3 is 1. The number of hydrogen-bond donors (Lipinski definition) is 2. The Bertz CT molecular complexity index is 335. The smallest absolute Gasteiger partial charge is 0.237 e. The van der Waals surface area contributed by atoms with E-state index in [1.165, 1.54) is 0 Å². The van der Waals surface area contributed by atoms with E-state index in [2.05, 4.69) is 37.9 Å². The number of nitrogens with zero attached hydrogens (tertiary/aromatic N) is 1. The molecule has 3 N–H and O–H groups in total. The third-order valence-electron chi connectivity index (χ3n) is 4.70. The number of carbonyl (C=O) groups is 1. The summed E-state index contributed by atoms with van der Waals surface area (Å²) in [6, 6.07) is 1.15. The van der Waals surface area contributed by atoms with E-state index in [9.17, 15) is 4.79 Å². The number of nitrogens with one attached hydrogen (secondary N) is 1. The minimum Gasteiger partial charge on any atom is -0.383 e. The van der Waals surface area contributed by atoms with Gasteiger partial charge in [0.1, 0.15) is 0 Å². The largest absolute Gasteiger partial charge is 0.383 e. The van der Waals surface area contributed by atoms with Crippen molar-refractivity contribution in [3.8, 4) is 0 Å². The van der Waals surface area contributed by atoms with Crippen LogP contribution in [0.4, 0.5) is 0 Å². The molecule has 3 atom stereocenters. The maximum atomic E-state index is 12.0. The highest BCUT2D eigenvalue weighted by Crippen LogP contribution is 2.34. The average Bonchev–Trinajstić information content (AvgIpc) is 2.83. The lowest BCUT2D eigenvalue weighted by atomic mass is 9.94. The predicted octanol–water partition coefficient (Wildman–Crippen LogP) is 1.51. The van der Waals surface area contributed by atoms with Crippen LogP contribution in [0.1, 0.15) is 53.4 Å². The lowest BCUT2D eigenvalue weighted by molar-refractivity contribution is -0.124. The molecule has 1 aliphatic rings. The van der Waals surface area contributed by atoms with Crippen LogP contribution in [-0.4, -0.2) is 54.7 Å². The fraction of sp³-hybridized carbons (Fsp3) is 0.938. The van der Waals surface area contributed by atoms with Crippen molar-refractivity contribution in [2.45, 2.75) is 77.0 Å². The predicted molar refractivity (Wildman–Crippen MR) is 86.2 cm³/mol. The van der Waals surface area contributed by atoms with Gasteiger partial charge in [0.15, 0.2) is 0 Å². The summed E-state index contributed by atoms with van der Waals surface area (Å²) in [5.74, 6) is -0.213. The molecule has 21 heavy (non-hydrogen) atoms. The number of primary amides is 1. The van der Waals surface area contributed by atoms with Crippen molar-refractivity contribution < 1.29 is 9.53 Å². The topological polar surface area (TPSA) is 67.6 Å². The highest BCUT2D eigenvalue weighted by atomic mass is 16.5. The molecular weight excluding hydrogens is 266 g/mol. The molecule has 5 nitrogen and oxygen atoms in total. The summed E-state index contributed by atoms with van der Waals surface area (Å²) in [5, 5.41) is 3.42. The lowest BCUT2D eigenvalue weighted by Crippen LogP contribution is -2.57. The number of amides is 1. The summed E-state index contributed by atoms with van der Waals surface area (Å²) >= 11 is 0. The van der Waals surface area contributed by atoms with Crippen LogP contribution in [0.25, 0.3) is 0 Å². The SMILES string of the molecule is CCC(C)N(CCOC)C1CCC(NC(C)C)(C(N)=O)C1. The zero-order valence-electron chi connectivity index (χ0n) is 14.3. The molecular formula is C16H33N3O2. The third-order valence-corrected chi connectivity index (χ3v) is 4.70. The summed E-state index contributed by atoms with van der Waals surface area (Å²) in [5.41, 5.74) is 5.16. The minimum absolute atomic E-state index is 0.213. The van der Waals surface area contributed by atoms with Gasteiger partial charge in [-0.25, -0.2) is 0 Å². The quantitative estimate of drug-likeness (QED) is 0.677. The Balaban J connectivity index is 2.81. The highest BCUT2D eigenvalue weighted by molar-refractivity contribution is 5.85. The zero-order valence-corrected chi connectivity index (χ0v) is 14.3. The number of carbonyl (C=O) groups excluding carboxylic acids is 1. The number of hydrogen-bond acceptors (Lipinski definition) is 4. The van der Waals surface area contributed by atoms with Gasteiger partial charge in [-0.05, 0) is 46.5 Å². The molecule has 1 fully saturated rings. The molecule has 0 bridgehead atoms. The van der Waals surface area contributed by atoms with Crippen molar-refractivity contribution in [2.75, 3.05) is 20.3 Å². The second-order valence-electron chi connectivity index (χ2n) is 6.63. The molecule has 0 aliphatic heterocycles. The Morgan fingerprint density at radius 2 is 2.14 bits per heavy atom. The maximum Gasteiger partial charge on any atom is 0.237 e. The summed E-state index contributed by atoms with van der Waals surface area (Å²) in [6.07, 6.45) is 3.73.